The number of anilines is 3. The lowest BCUT2D eigenvalue weighted by Gasteiger charge is -2.17. The van der Waals surface area contributed by atoms with Gasteiger partial charge < -0.3 is 15.2 Å². The van der Waals surface area contributed by atoms with Crippen molar-refractivity contribution >= 4 is 17.6 Å². The Morgan fingerprint density at radius 3 is 2.54 bits per heavy atom. The normalized spacial score (nSPS) is 10.7. The van der Waals surface area contributed by atoms with Gasteiger partial charge in [0.1, 0.15) is 0 Å². The van der Waals surface area contributed by atoms with Crippen molar-refractivity contribution in [2.45, 2.75) is 0 Å². The van der Waals surface area contributed by atoms with Gasteiger partial charge in [-0.2, -0.15) is 30.1 Å². The second-order valence-electron chi connectivity index (χ2n) is 5.27. The smallest absolute Gasteiger partial charge is 0.260 e. The van der Waals surface area contributed by atoms with Crippen molar-refractivity contribution in [2.24, 2.45) is 0 Å². The highest BCUT2D eigenvalue weighted by Crippen LogP contribution is 2.23. The standard InChI is InChI=1S/C16H13N9O/c1-25(11-5-3-2-4-6-11)16-22-12(21-15(17)23-16)13-20-14(26-24-13)10-7-8-18-19-9-10/h2-9H,1H3,(H2,17,21,22,23). The van der Waals surface area contributed by atoms with E-state index in [-0.39, 0.29) is 23.5 Å². The maximum absolute atomic E-state index is 5.84. The predicted molar refractivity (Wildman–Crippen MR) is 93.1 cm³/mol. The fourth-order valence-electron chi connectivity index (χ4n) is 2.25. The van der Waals surface area contributed by atoms with E-state index in [0.29, 0.717) is 11.5 Å². The van der Waals surface area contributed by atoms with Crippen LogP contribution in [0.5, 0.6) is 0 Å². The Morgan fingerprint density at radius 1 is 0.923 bits per heavy atom. The lowest BCUT2D eigenvalue weighted by molar-refractivity contribution is 0.431. The zero-order chi connectivity index (χ0) is 17.9. The van der Waals surface area contributed by atoms with Crippen LogP contribution in [-0.2, 0) is 0 Å². The molecule has 0 radical (unpaired) electrons. The van der Waals surface area contributed by atoms with Crippen LogP contribution in [0.25, 0.3) is 23.1 Å². The van der Waals surface area contributed by atoms with Gasteiger partial charge in [-0.25, -0.2) is 0 Å². The van der Waals surface area contributed by atoms with Crippen molar-refractivity contribution in [3.63, 3.8) is 0 Å². The summed E-state index contributed by atoms with van der Waals surface area (Å²) in [6.07, 6.45) is 3.06. The van der Waals surface area contributed by atoms with Crippen LogP contribution in [0, 0.1) is 0 Å². The van der Waals surface area contributed by atoms with E-state index in [1.807, 2.05) is 37.4 Å². The molecule has 0 fully saturated rings. The molecule has 0 unspecified atom stereocenters. The zero-order valence-corrected chi connectivity index (χ0v) is 13.7. The maximum Gasteiger partial charge on any atom is 0.260 e. The first-order chi connectivity index (χ1) is 12.7. The monoisotopic (exact) mass is 347 g/mol. The van der Waals surface area contributed by atoms with Crippen molar-refractivity contribution in [2.75, 3.05) is 17.7 Å². The van der Waals surface area contributed by atoms with Crippen LogP contribution in [0.3, 0.4) is 0 Å². The van der Waals surface area contributed by atoms with Crippen LogP contribution in [0.15, 0.2) is 53.3 Å². The Labute approximate surface area is 147 Å². The van der Waals surface area contributed by atoms with Gasteiger partial charge in [-0.1, -0.05) is 23.4 Å². The molecule has 0 saturated carbocycles. The quantitative estimate of drug-likeness (QED) is 0.581. The molecule has 4 rings (SSSR count). The highest BCUT2D eigenvalue weighted by Gasteiger charge is 2.17. The van der Waals surface area contributed by atoms with Crippen LogP contribution < -0.4 is 10.6 Å². The molecule has 0 aliphatic heterocycles. The molecule has 0 aliphatic rings. The molecule has 4 aromatic rings. The van der Waals surface area contributed by atoms with E-state index in [0.717, 1.165) is 5.69 Å². The van der Waals surface area contributed by atoms with Crippen LogP contribution in [0.1, 0.15) is 0 Å². The third-order valence-electron chi connectivity index (χ3n) is 3.54. The zero-order valence-electron chi connectivity index (χ0n) is 13.7. The van der Waals surface area contributed by atoms with Gasteiger partial charge in [-0.05, 0) is 18.2 Å². The summed E-state index contributed by atoms with van der Waals surface area (Å²) in [5, 5.41) is 11.4. The number of nitrogen functional groups attached to an aromatic ring is 1. The lowest BCUT2D eigenvalue weighted by atomic mass is 10.3. The molecule has 0 aliphatic carbocycles. The summed E-state index contributed by atoms with van der Waals surface area (Å²) >= 11 is 0. The van der Waals surface area contributed by atoms with Crippen LogP contribution in [-0.4, -0.2) is 42.3 Å². The molecular formula is C16H13N9O. The first kappa shape index (κ1) is 15.6. The van der Waals surface area contributed by atoms with E-state index in [1.54, 1.807) is 11.0 Å². The van der Waals surface area contributed by atoms with Crippen molar-refractivity contribution in [3.05, 3.63) is 48.8 Å². The molecule has 0 atom stereocenters. The Kier molecular flexibility index (Phi) is 3.90. The van der Waals surface area contributed by atoms with Gasteiger partial charge >= 0.3 is 0 Å². The van der Waals surface area contributed by atoms with E-state index in [4.69, 9.17) is 10.3 Å². The minimum absolute atomic E-state index is 0.0599. The SMILES string of the molecule is CN(c1ccccc1)c1nc(N)nc(-c2noc(-c3ccnnc3)n2)n1. The summed E-state index contributed by atoms with van der Waals surface area (Å²) in [7, 11) is 1.83. The highest BCUT2D eigenvalue weighted by atomic mass is 16.5. The topological polar surface area (TPSA) is 133 Å². The van der Waals surface area contributed by atoms with E-state index in [2.05, 4.69) is 35.3 Å². The number of rotatable bonds is 4. The lowest BCUT2D eigenvalue weighted by Crippen LogP contribution is -2.15. The minimum atomic E-state index is 0.0599. The van der Waals surface area contributed by atoms with Gasteiger partial charge in [-0.3, -0.25) is 0 Å². The summed E-state index contributed by atoms with van der Waals surface area (Å²) in [5.74, 6) is 1.13. The Hall–Kier alpha value is -3.95. The molecule has 26 heavy (non-hydrogen) atoms. The van der Waals surface area contributed by atoms with E-state index in [1.165, 1.54) is 12.4 Å². The number of hydrogen-bond acceptors (Lipinski definition) is 10. The summed E-state index contributed by atoms with van der Waals surface area (Å²) in [5.41, 5.74) is 7.38. The van der Waals surface area contributed by atoms with Gasteiger partial charge in [0, 0.05) is 12.7 Å². The fraction of sp³-hybridized carbons (Fsp3) is 0.0625. The molecule has 2 N–H and O–H groups in total. The van der Waals surface area contributed by atoms with Gasteiger partial charge in [-0.15, -0.1) is 0 Å². The number of para-hydroxylation sites is 1. The average molecular weight is 347 g/mol. The fourth-order valence-corrected chi connectivity index (χ4v) is 2.25. The first-order valence-corrected chi connectivity index (χ1v) is 7.62. The van der Waals surface area contributed by atoms with Crippen molar-refractivity contribution in [1.29, 1.82) is 0 Å². The van der Waals surface area contributed by atoms with Crippen LogP contribution >= 0.6 is 0 Å². The van der Waals surface area contributed by atoms with Gasteiger partial charge in [0.15, 0.2) is 0 Å². The van der Waals surface area contributed by atoms with Crippen molar-refractivity contribution in [1.82, 2.24) is 35.3 Å². The number of hydrogen-bond donors (Lipinski definition) is 1. The molecule has 10 nitrogen and oxygen atoms in total. The minimum Gasteiger partial charge on any atom is -0.368 e. The predicted octanol–water partition coefficient (Wildman–Crippen LogP) is 1.73. The first-order valence-electron chi connectivity index (χ1n) is 7.62. The molecule has 0 saturated heterocycles. The molecule has 3 heterocycles. The average Bonchev–Trinajstić information content (AvgIpc) is 3.19. The summed E-state index contributed by atoms with van der Waals surface area (Å²) in [6, 6.07) is 11.3. The largest absolute Gasteiger partial charge is 0.368 e. The molecule has 10 heteroatoms. The molecule has 1 aromatic carbocycles. The van der Waals surface area contributed by atoms with E-state index >= 15 is 0 Å². The molecule has 0 bridgehead atoms. The Balaban J connectivity index is 1.70. The molecular weight excluding hydrogens is 334 g/mol. The van der Waals surface area contributed by atoms with Gasteiger partial charge in [0.05, 0.1) is 18.0 Å². The van der Waals surface area contributed by atoms with Gasteiger partial charge in [0.25, 0.3) is 5.89 Å². The Bertz CT molecular complexity index is 1020. The third kappa shape index (κ3) is 3.02. The van der Waals surface area contributed by atoms with E-state index in [9.17, 15) is 0 Å². The van der Waals surface area contributed by atoms with Crippen LogP contribution in [0.2, 0.25) is 0 Å². The summed E-state index contributed by atoms with van der Waals surface area (Å²) < 4.78 is 5.25. The van der Waals surface area contributed by atoms with Gasteiger partial charge in [0.2, 0.25) is 23.5 Å². The number of benzene rings is 1. The van der Waals surface area contributed by atoms with Crippen molar-refractivity contribution in [3.8, 4) is 23.1 Å². The summed E-state index contributed by atoms with van der Waals surface area (Å²) in [6.45, 7) is 0. The molecule has 128 valence electrons. The van der Waals surface area contributed by atoms with Crippen LogP contribution in [0.4, 0.5) is 17.6 Å². The summed E-state index contributed by atoms with van der Waals surface area (Å²) in [4.78, 5) is 18.8. The number of nitrogens with two attached hydrogens (primary N) is 1. The Morgan fingerprint density at radius 2 is 1.77 bits per heavy atom. The highest BCUT2D eigenvalue weighted by molar-refractivity contribution is 5.60. The number of nitrogens with zero attached hydrogens (tertiary/aromatic N) is 8. The molecule has 0 spiro atoms. The second-order valence-corrected chi connectivity index (χ2v) is 5.27. The third-order valence-corrected chi connectivity index (χ3v) is 3.54. The van der Waals surface area contributed by atoms with E-state index < -0.39 is 0 Å². The molecule has 0 amide bonds. The van der Waals surface area contributed by atoms with Crippen molar-refractivity contribution < 1.29 is 4.52 Å². The molecule has 3 aromatic heterocycles. The number of aromatic nitrogens is 7. The second kappa shape index (κ2) is 6.51. The maximum atomic E-state index is 5.84.